The SMILES string of the molecule is COCCn1c(-c2ccc(C(C)C)cc2)cc2c1CC[C@@H]1[C@@H](C)C(=O)C(C#N)=C[C@@]21C. The average Bonchev–Trinajstić information content (AvgIpc) is 3.14. The number of rotatable bonds is 5. The molecular formula is C27H32N2O2. The zero-order valence-electron chi connectivity index (χ0n) is 19.2. The third-order valence-corrected chi connectivity index (χ3v) is 7.49. The predicted octanol–water partition coefficient (Wildman–Crippen LogP) is 5.41. The molecule has 0 fully saturated rings. The molecule has 0 radical (unpaired) electrons. The Balaban J connectivity index is 1.88. The van der Waals surface area contributed by atoms with E-state index >= 15 is 0 Å². The maximum atomic E-state index is 12.7. The van der Waals surface area contributed by atoms with Gasteiger partial charge in [-0.3, -0.25) is 4.79 Å². The molecular weight excluding hydrogens is 384 g/mol. The number of carbonyl (C=O) groups is 1. The molecule has 0 saturated carbocycles. The van der Waals surface area contributed by atoms with Crippen LogP contribution in [0.4, 0.5) is 0 Å². The molecule has 0 spiro atoms. The number of carbonyl (C=O) groups excluding carboxylic acids is 1. The largest absolute Gasteiger partial charge is 0.383 e. The van der Waals surface area contributed by atoms with E-state index in [9.17, 15) is 10.1 Å². The van der Waals surface area contributed by atoms with Gasteiger partial charge in [-0.15, -0.1) is 0 Å². The molecule has 0 unspecified atom stereocenters. The number of fused-ring (bicyclic) bond motifs is 3. The summed E-state index contributed by atoms with van der Waals surface area (Å²) >= 11 is 0. The zero-order valence-corrected chi connectivity index (χ0v) is 19.2. The lowest BCUT2D eigenvalue weighted by Crippen LogP contribution is -2.45. The lowest BCUT2D eigenvalue weighted by molar-refractivity contribution is -0.121. The predicted molar refractivity (Wildman–Crippen MR) is 123 cm³/mol. The highest BCUT2D eigenvalue weighted by Crippen LogP contribution is 2.51. The number of ketones is 1. The standard InChI is InChI=1S/C27H32N2O2/c1-17(2)19-6-8-20(9-7-19)25-14-23-24(29(25)12-13-31-5)11-10-22-18(3)26(30)21(16-28)15-27(22,23)4/h6-9,14-15,17-18,22H,10-13H2,1-5H3/t18-,22-,27-/m1/s1. The Morgan fingerprint density at radius 3 is 2.61 bits per heavy atom. The van der Waals surface area contributed by atoms with E-state index in [1.165, 1.54) is 28.1 Å². The minimum absolute atomic E-state index is 0.00302. The van der Waals surface area contributed by atoms with Crippen molar-refractivity contribution < 1.29 is 9.53 Å². The van der Waals surface area contributed by atoms with Crippen LogP contribution in [0.1, 0.15) is 56.9 Å². The summed E-state index contributed by atoms with van der Waals surface area (Å²) in [7, 11) is 1.74. The summed E-state index contributed by atoms with van der Waals surface area (Å²) in [6.45, 7) is 10.1. The van der Waals surface area contributed by atoms with Crippen LogP contribution in [0.2, 0.25) is 0 Å². The minimum atomic E-state index is -0.309. The molecule has 162 valence electrons. The van der Waals surface area contributed by atoms with Crippen LogP contribution >= 0.6 is 0 Å². The Bertz CT molecular complexity index is 1070. The van der Waals surface area contributed by atoms with Gasteiger partial charge in [0.25, 0.3) is 0 Å². The van der Waals surface area contributed by atoms with Gasteiger partial charge in [-0.1, -0.05) is 58.0 Å². The van der Waals surface area contributed by atoms with E-state index in [4.69, 9.17) is 4.74 Å². The number of hydrogen-bond acceptors (Lipinski definition) is 3. The number of nitrogens with zero attached hydrogens (tertiary/aromatic N) is 2. The Labute approximate surface area is 185 Å². The van der Waals surface area contributed by atoms with Gasteiger partial charge in [0, 0.05) is 36.4 Å². The molecule has 0 bridgehead atoms. The third-order valence-electron chi connectivity index (χ3n) is 7.49. The molecule has 4 rings (SSSR count). The minimum Gasteiger partial charge on any atom is -0.383 e. The van der Waals surface area contributed by atoms with Crippen LogP contribution in [-0.2, 0) is 27.9 Å². The molecule has 3 atom stereocenters. The van der Waals surface area contributed by atoms with Gasteiger partial charge in [-0.25, -0.2) is 0 Å². The van der Waals surface area contributed by atoms with E-state index in [2.05, 4.69) is 61.7 Å². The Kier molecular flexibility index (Phi) is 5.66. The van der Waals surface area contributed by atoms with Gasteiger partial charge in [-0.2, -0.15) is 5.26 Å². The highest BCUT2D eigenvalue weighted by molar-refractivity contribution is 6.02. The molecule has 1 heterocycles. The smallest absolute Gasteiger partial charge is 0.176 e. The van der Waals surface area contributed by atoms with Crippen molar-refractivity contribution in [3.8, 4) is 17.3 Å². The van der Waals surface area contributed by atoms with Gasteiger partial charge < -0.3 is 9.30 Å². The highest BCUT2D eigenvalue weighted by Gasteiger charge is 2.49. The van der Waals surface area contributed by atoms with Crippen molar-refractivity contribution in [1.82, 2.24) is 4.57 Å². The Morgan fingerprint density at radius 2 is 2.00 bits per heavy atom. The summed E-state index contributed by atoms with van der Waals surface area (Å²) < 4.78 is 7.82. The molecule has 2 aromatic rings. The molecule has 4 nitrogen and oxygen atoms in total. The van der Waals surface area contributed by atoms with Crippen LogP contribution in [0, 0.1) is 23.2 Å². The van der Waals surface area contributed by atoms with E-state index < -0.39 is 0 Å². The van der Waals surface area contributed by atoms with Crippen molar-refractivity contribution in [2.75, 3.05) is 13.7 Å². The maximum Gasteiger partial charge on any atom is 0.176 e. The first kappa shape index (κ1) is 21.6. The number of nitriles is 1. The molecule has 4 heteroatoms. The molecule has 2 aliphatic rings. The fraction of sp³-hybridized carbons (Fsp3) is 0.481. The fourth-order valence-corrected chi connectivity index (χ4v) is 5.67. The maximum absolute atomic E-state index is 12.7. The second-order valence-corrected chi connectivity index (χ2v) is 9.56. The van der Waals surface area contributed by atoms with Gasteiger partial charge in [0.1, 0.15) is 6.07 Å². The van der Waals surface area contributed by atoms with Crippen LogP contribution in [0.25, 0.3) is 11.3 Å². The lowest BCUT2D eigenvalue weighted by atomic mass is 9.57. The first-order valence-corrected chi connectivity index (χ1v) is 11.3. The molecule has 0 aliphatic heterocycles. The fourth-order valence-electron chi connectivity index (χ4n) is 5.67. The van der Waals surface area contributed by atoms with Crippen molar-refractivity contribution in [2.45, 2.75) is 58.4 Å². The van der Waals surface area contributed by atoms with Crippen LogP contribution in [0.3, 0.4) is 0 Å². The Hall–Kier alpha value is -2.64. The summed E-state index contributed by atoms with van der Waals surface area (Å²) in [5.74, 6) is 0.586. The number of Topliss-reactive ketones (excluding diaryl/α,β-unsaturated/α-hetero) is 1. The zero-order chi connectivity index (χ0) is 22.3. The van der Waals surface area contributed by atoms with Crippen LogP contribution in [0.15, 0.2) is 42.0 Å². The van der Waals surface area contributed by atoms with Crippen LogP contribution in [-0.4, -0.2) is 24.1 Å². The molecule has 1 aromatic carbocycles. The number of ether oxygens (including phenoxy) is 1. The number of allylic oxidation sites excluding steroid dienone is 2. The van der Waals surface area contributed by atoms with E-state index in [0.29, 0.717) is 18.1 Å². The monoisotopic (exact) mass is 416 g/mol. The first-order valence-electron chi connectivity index (χ1n) is 11.3. The second-order valence-electron chi connectivity index (χ2n) is 9.56. The summed E-state index contributed by atoms with van der Waals surface area (Å²) in [5, 5.41) is 9.60. The number of hydrogen-bond donors (Lipinski definition) is 0. The summed E-state index contributed by atoms with van der Waals surface area (Å²) in [6.07, 6.45) is 3.84. The molecule has 31 heavy (non-hydrogen) atoms. The summed E-state index contributed by atoms with van der Waals surface area (Å²) in [4.78, 5) is 12.7. The van der Waals surface area contributed by atoms with E-state index in [1.54, 1.807) is 7.11 Å². The van der Waals surface area contributed by atoms with Gasteiger partial charge in [0.05, 0.1) is 12.2 Å². The average molecular weight is 417 g/mol. The van der Waals surface area contributed by atoms with Crippen molar-refractivity contribution in [1.29, 1.82) is 5.26 Å². The highest BCUT2D eigenvalue weighted by atomic mass is 16.5. The van der Waals surface area contributed by atoms with Crippen molar-refractivity contribution in [3.63, 3.8) is 0 Å². The molecule has 2 aliphatic carbocycles. The van der Waals surface area contributed by atoms with Crippen LogP contribution < -0.4 is 0 Å². The summed E-state index contributed by atoms with van der Waals surface area (Å²) in [5.41, 5.74) is 6.29. The second kappa shape index (κ2) is 8.13. The Morgan fingerprint density at radius 1 is 1.29 bits per heavy atom. The van der Waals surface area contributed by atoms with E-state index in [-0.39, 0.29) is 23.0 Å². The van der Waals surface area contributed by atoms with Gasteiger partial charge in [0.2, 0.25) is 0 Å². The number of benzene rings is 1. The number of methoxy groups -OCH3 is 1. The van der Waals surface area contributed by atoms with E-state index in [0.717, 1.165) is 19.4 Å². The normalized spacial score (nSPS) is 25.1. The van der Waals surface area contributed by atoms with Crippen molar-refractivity contribution in [2.24, 2.45) is 11.8 Å². The number of aromatic nitrogens is 1. The first-order chi connectivity index (χ1) is 14.8. The van der Waals surface area contributed by atoms with Crippen molar-refractivity contribution in [3.05, 3.63) is 58.8 Å². The van der Waals surface area contributed by atoms with Gasteiger partial charge in [0.15, 0.2) is 5.78 Å². The van der Waals surface area contributed by atoms with Crippen LogP contribution in [0.5, 0.6) is 0 Å². The third kappa shape index (κ3) is 3.46. The molecule has 0 N–H and O–H groups in total. The molecule has 0 saturated heterocycles. The van der Waals surface area contributed by atoms with Gasteiger partial charge >= 0.3 is 0 Å². The lowest BCUT2D eigenvalue weighted by Gasteiger charge is -2.45. The topological polar surface area (TPSA) is 55.0 Å². The summed E-state index contributed by atoms with van der Waals surface area (Å²) in [6, 6.07) is 13.3. The van der Waals surface area contributed by atoms with Crippen molar-refractivity contribution >= 4 is 5.78 Å². The van der Waals surface area contributed by atoms with Gasteiger partial charge in [-0.05, 0) is 47.4 Å². The molecule has 0 amide bonds. The quantitative estimate of drug-likeness (QED) is 0.654. The molecule has 1 aromatic heterocycles. The van der Waals surface area contributed by atoms with E-state index in [1.807, 2.05) is 13.0 Å².